The lowest BCUT2D eigenvalue weighted by Crippen LogP contribution is -2.39. The minimum absolute atomic E-state index is 0.0252. The highest BCUT2D eigenvalue weighted by molar-refractivity contribution is 7.85. The Morgan fingerprint density at radius 3 is 2.42 bits per heavy atom. The molecule has 0 aliphatic carbocycles. The number of amides is 1. The molecule has 0 aromatic rings. The smallest absolute Gasteiger partial charge is 0.410 e. The summed E-state index contributed by atoms with van der Waals surface area (Å²) in [7, 11) is -3.43. The second-order valence-electron chi connectivity index (χ2n) is 6.07. The summed E-state index contributed by atoms with van der Waals surface area (Å²) in [6, 6.07) is 0.0306. The summed E-state index contributed by atoms with van der Waals surface area (Å²) < 4.78 is 32.0. The van der Waals surface area contributed by atoms with Gasteiger partial charge in [-0.25, -0.2) is 4.79 Å². The molecule has 0 radical (unpaired) electrons. The molecule has 1 aliphatic rings. The van der Waals surface area contributed by atoms with Gasteiger partial charge in [0.25, 0.3) is 10.1 Å². The summed E-state index contributed by atoms with van der Waals surface area (Å²) in [4.78, 5) is 13.6. The van der Waals surface area contributed by atoms with Gasteiger partial charge in [-0.2, -0.15) is 8.42 Å². The zero-order valence-electron chi connectivity index (χ0n) is 12.2. The number of nitrogens with zero attached hydrogens (tertiary/aromatic N) is 1. The van der Waals surface area contributed by atoms with Crippen molar-refractivity contribution >= 4 is 16.2 Å². The Balaban J connectivity index is 2.53. The Labute approximate surface area is 115 Å². The average molecular weight is 293 g/mol. The van der Waals surface area contributed by atoms with E-state index in [0.29, 0.717) is 6.54 Å². The Kier molecular flexibility index (Phi) is 4.84. The van der Waals surface area contributed by atoms with Gasteiger partial charge in [0.1, 0.15) is 5.60 Å². The predicted molar refractivity (Wildman–Crippen MR) is 71.3 cm³/mol. The Bertz CT molecular complexity index is 426. The number of ether oxygens (including phenoxy) is 1. The van der Waals surface area contributed by atoms with Crippen LogP contribution in [0.2, 0.25) is 0 Å². The molecule has 1 amide bonds. The lowest BCUT2D eigenvalue weighted by molar-refractivity contribution is 0.0231. The molecule has 7 heteroatoms. The molecule has 0 spiro atoms. The summed E-state index contributed by atoms with van der Waals surface area (Å²) in [5, 5.41) is 0. The Morgan fingerprint density at radius 1 is 1.37 bits per heavy atom. The van der Waals surface area contributed by atoms with Gasteiger partial charge in [-0.15, -0.1) is 0 Å². The second-order valence-corrected chi connectivity index (χ2v) is 7.72. The van der Waals surface area contributed by atoms with Crippen LogP contribution in [0.25, 0.3) is 0 Å². The van der Waals surface area contributed by atoms with E-state index in [4.69, 9.17) is 8.92 Å². The topological polar surface area (TPSA) is 72.9 Å². The number of carbonyl (C=O) groups excluding carboxylic acids is 1. The first-order valence-electron chi connectivity index (χ1n) is 6.32. The third kappa shape index (κ3) is 5.78. The summed E-state index contributed by atoms with van der Waals surface area (Å²) in [6.45, 7) is 7.94. The van der Waals surface area contributed by atoms with E-state index in [0.717, 1.165) is 12.7 Å². The van der Waals surface area contributed by atoms with Crippen molar-refractivity contribution in [2.75, 3.05) is 19.4 Å². The van der Waals surface area contributed by atoms with E-state index in [-0.39, 0.29) is 24.7 Å². The summed E-state index contributed by atoms with van der Waals surface area (Å²) >= 11 is 0. The molecule has 19 heavy (non-hydrogen) atoms. The number of rotatable bonds is 3. The predicted octanol–water partition coefficient (Wildman–Crippen LogP) is 1.61. The van der Waals surface area contributed by atoms with Crippen LogP contribution in [0.1, 0.15) is 34.1 Å². The molecular formula is C12H23NO5S. The molecule has 2 atom stereocenters. The van der Waals surface area contributed by atoms with Gasteiger partial charge in [0.2, 0.25) is 0 Å². The van der Waals surface area contributed by atoms with E-state index < -0.39 is 15.7 Å². The van der Waals surface area contributed by atoms with E-state index in [9.17, 15) is 13.2 Å². The lowest BCUT2D eigenvalue weighted by Gasteiger charge is -2.27. The number of hydrogen-bond acceptors (Lipinski definition) is 5. The average Bonchev–Trinajstić information content (AvgIpc) is 2.53. The van der Waals surface area contributed by atoms with Gasteiger partial charge in [0.15, 0.2) is 0 Å². The zero-order chi connectivity index (χ0) is 14.8. The summed E-state index contributed by atoms with van der Waals surface area (Å²) in [5.74, 6) is 0.0252. The Hall–Kier alpha value is -0.820. The molecule has 1 heterocycles. The number of carbonyl (C=O) groups is 1. The highest BCUT2D eigenvalue weighted by Gasteiger charge is 2.35. The maximum absolute atomic E-state index is 12.0. The van der Waals surface area contributed by atoms with E-state index in [1.165, 1.54) is 0 Å². The fourth-order valence-electron chi connectivity index (χ4n) is 2.06. The molecule has 112 valence electrons. The monoisotopic (exact) mass is 293 g/mol. The van der Waals surface area contributed by atoms with Crippen molar-refractivity contribution in [2.24, 2.45) is 5.92 Å². The minimum Gasteiger partial charge on any atom is -0.444 e. The van der Waals surface area contributed by atoms with Crippen LogP contribution in [-0.4, -0.2) is 50.5 Å². The molecule has 1 rings (SSSR count). The van der Waals surface area contributed by atoms with Crippen molar-refractivity contribution in [3.8, 4) is 0 Å². The molecule has 1 saturated heterocycles. The largest absolute Gasteiger partial charge is 0.444 e. The first-order chi connectivity index (χ1) is 8.48. The molecule has 6 nitrogen and oxygen atoms in total. The van der Waals surface area contributed by atoms with Crippen molar-refractivity contribution < 1.29 is 22.1 Å². The van der Waals surface area contributed by atoms with Gasteiger partial charge in [-0.3, -0.25) is 4.18 Å². The van der Waals surface area contributed by atoms with Gasteiger partial charge in [-0.1, -0.05) is 0 Å². The summed E-state index contributed by atoms with van der Waals surface area (Å²) in [6.07, 6.45) is 1.38. The van der Waals surface area contributed by atoms with Gasteiger partial charge in [0, 0.05) is 18.5 Å². The molecule has 1 aliphatic heterocycles. The molecule has 0 N–H and O–H groups in total. The highest BCUT2D eigenvalue weighted by atomic mass is 32.2. The Morgan fingerprint density at radius 2 is 1.95 bits per heavy atom. The lowest BCUT2D eigenvalue weighted by atomic mass is 10.1. The normalized spacial score (nSPS) is 24.6. The maximum atomic E-state index is 12.0. The van der Waals surface area contributed by atoms with Crippen molar-refractivity contribution in [1.29, 1.82) is 0 Å². The van der Waals surface area contributed by atoms with Crippen molar-refractivity contribution in [3.05, 3.63) is 0 Å². The van der Waals surface area contributed by atoms with Crippen LogP contribution in [0.3, 0.4) is 0 Å². The van der Waals surface area contributed by atoms with Crippen molar-refractivity contribution in [2.45, 2.75) is 45.8 Å². The molecule has 0 unspecified atom stereocenters. The van der Waals surface area contributed by atoms with Crippen molar-refractivity contribution in [3.63, 3.8) is 0 Å². The third-order valence-corrected chi connectivity index (χ3v) is 3.37. The number of hydrogen-bond donors (Lipinski definition) is 0. The van der Waals surface area contributed by atoms with Gasteiger partial charge < -0.3 is 9.64 Å². The van der Waals surface area contributed by atoms with Crippen molar-refractivity contribution in [1.82, 2.24) is 4.90 Å². The van der Waals surface area contributed by atoms with Crippen LogP contribution in [0.15, 0.2) is 0 Å². The first kappa shape index (κ1) is 16.2. The van der Waals surface area contributed by atoms with E-state index in [1.54, 1.807) is 4.90 Å². The quantitative estimate of drug-likeness (QED) is 0.739. The van der Waals surface area contributed by atoms with Crippen LogP contribution in [-0.2, 0) is 19.0 Å². The SMILES string of the molecule is C[C@@H]1C[C@H](COS(C)(=O)=O)CN1C(=O)OC(C)(C)C. The molecular weight excluding hydrogens is 270 g/mol. The van der Waals surface area contributed by atoms with Crippen LogP contribution in [0.5, 0.6) is 0 Å². The minimum atomic E-state index is -3.43. The third-order valence-electron chi connectivity index (χ3n) is 2.81. The molecule has 0 aromatic carbocycles. The highest BCUT2D eigenvalue weighted by Crippen LogP contribution is 2.25. The fourth-order valence-corrected chi connectivity index (χ4v) is 2.50. The van der Waals surface area contributed by atoms with E-state index in [1.807, 2.05) is 27.7 Å². The number of likely N-dealkylation sites (tertiary alicyclic amines) is 1. The van der Waals surface area contributed by atoms with Gasteiger partial charge in [0.05, 0.1) is 12.9 Å². The summed E-state index contributed by atoms with van der Waals surface area (Å²) in [5.41, 5.74) is -0.530. The first-order valence-corrected chi connectivity index (χ1v) is 8.13. The maximum Gasteiger partial charge on any atom is 0.410 e. The van der Waals surface area contributed by atoms with Gasteiger partial charge >= 0.3 is 6.09 Å². The van der Waals surface area contributed by atoms with Crippen LogP contribution in [0, 0.1) is 5.92 Å². The van der Waals surface area contributed by atoms with E-state index in [2.05, 4.69) is 0 Å². The van der Waals surface area contributed by atoms with Crippen LogP contribution in [0.4, 0.5) is 4.79 Å². The van der Waals surface area contributed by atoms with E-state index >= 15 is 0 Å². The molecule has 1 fully saturated rings. The molecule has 0 bridgehead atoms. The second kappa shape index (κ2) is 5.66. The fraction of sp³-hybridized carbons (Fsp3) is 0.917. The van der Waals surface area contributed by atoms with Crippen LogP contribution >= 0.6 is 0 Å². The molecule has 0 aromatic heterocycles. The molecule has 0 saturated carbocycles. The zero-order valence-corrected chi connectivity index (χ0v) is 13.0. The van der Waals surface area contributed by atoms with Crippen LogP contribution < -0.4 is 0 Å². The van der Waals surface area contributed by atoms with Gasteiger partial charge in [-0.05, 0) is 34.1 Å². The standard InChI is InChI=1S/C12H23NO5S/c1-9-6-10(8-17-19(5,15)16)7-13(9)11(14)18-12(2,3)4/h9-10H,6-8H2,1-5H3/t9-,10+/m1/s1.